The van der Waals surface area contributed by atoms with E-state index in [1.165, 1.54) is 12.8 Å². The van der Waals surface area contributed by atoms with Gasteiger partial charge in [0.2, 0.25) is 0 Å². The number of rotatable bonds is 3. The molecule has 0 fully saturated rings. The predicted molar refractivity (Wildman–Crippen MR) is 41.1 cm³/mol. The third-order valence-electron chi connectivity index (χ3n) is 0.951. The monoisotopic (exact) mass is 148 g/mol. The van der Waals surface area contributed by atoms with Crippen molar-refractivity contribution in [2.24, 2.45) is 4.74 Å². The van der Waals surface area contributed by atoms with Crippen molar-refractivity contribution in [2.75, 3.05) is 0 Å². The van der Waals surface area contributed by atoms with Crippen molar-refractivity contribution < 1.29 is 0 Å². The third kappa shape index (κ3) is 4.61. The summed E-state index contributed by atoms with van der Waals surface area (Å²) in [7, 11) is 0.757. The molecule has 0 bridgehead atoms. The molecule has 0 spiro atoms. The Balaban J connectivity index is 3.31. The van der Waals surface area contributed by atoms with E-state index in [2.05, 4.69) is 30.4 Å². The minimum atomic E-state index is 0.471. The zero-order valence-corrected chi connectivity index (χ0v) is 7.01. The first kappa shape index (κ1) is 8.45. The second-order valence-corrected chi connectivity index (χ2v) is 2.72. The van der Waals surface area contributed by atoms with Crippen molar-refractivity contribution in [2.45, 2.75) is 32.7 Å². The summed E-state index contributed by atoms with van der Waals surface area (Å²) in [5.74, 6) is 0. The molecule has 0 aliphatic rings. The van der Waals surface area contributed by atoms with E-state index in [4.69, 9.17) is 0 Å². The topological polar surface area (TPSA) is 12.4 Å². The molecule has 46 valence electrons. The van der Waals surface area contributed by atoms with Crippen molar-refractivity contribution in [3.63, 3.8) is 0 Å². The molecule has 0 rings (SSSR count). The van der Waals surface area contributed by atoms with Gasteiger partial charge in [-0.2, -0.15) is 0 Å². The molecule has 0 amide bonds. The zero-order chi connectivity index (χ0) is 6.41. The van der Waals surface area contributed by atoms with E-state index in [0.29, 0.717) is 6.04 Å². The fourth-order valence-electron chi connectivity index (χ4n) is 0.556. The maximum absolute atomic E-state index is 4.65. The van der Waals surface area contributed by atoms with Crippen LogP contribution >= 0.6 is 7.15 Å². The number of hydrogen-bond donors (Lipinski definition) is 0. The van der Waals surface area contributed by atoms with Crippen LogP contribution in [-0.4, -0.2) is 6.04 Å². The number of nitrogens with zero attached hydrogens (tertiary/aromatic N) is 1. The normalized spacial score (nSPS) is 12.8. The number of hydrogen-bond acceptors (Lipinski definition) is 2. The summed E-state index contributed by atoms with van der Waals surface area (Å²) < 4.78 is 4.10. The molecule has 3 heteroatoms. The van der Waals surface area contributed by atoms with E-state index in [9.17, 15) is 0 Å². The summed E-state index contributed by atoms with van der Waals surface area (Å²) in [4.78, 5) is 0. The predicted octanol–water partition coefficient (Wildman–Crippen LogP) is 2.77. The standard InChI is InChI=1S/C5H11NPS/c1-3-4-5(2)6-7-8/h5H,3-4H2,1-2H3/q+1. The molecule has 0 saturated heterocycles. The van der Waals surface area contributed by atoms with Gasteiger partial charge in [0.25, 0.3) is 0 Å². The Morgan fingerprint density at radius 1 is 1.75 bits per heavy atom. The Hall–Kier alpha value is 0.450. The Labute approximate surface area is 57.1 Å². The van der Waals surface area contributed by atoms with Gasteiger partial charge < -0.3 is 0 Å². The summed E-state index contributed by atoms with van der Waals surface area (Å²) in [6, 6.07) is 0.471. The van der Waals surface area contributed by atoms with Gasteiger partial charge in [-0.25, -0.2) is 0 Å². The van der Waals surface area contributed by atoms with Crippen LogP contribution in [0, 0.1) is 0 Å². The van der Waals surface area contributed by atoms with Gasteiger partial charge >= 0.3 is 56.4 Å². The summed E-state index contributed by atoms with van der Waals surface area (Å²) >= 11 is 4.65. The molecular formula is C5H11NPS+. The van der Waals surface area contributed by atoms with Crippen molar-refractivity contribution in [3.8, 4) is 0 Å². The van der Waals surface area contributed by atoms with Crippen molar-refractivity contribution in [1.82, 2.24) is 0 Å². The summed E-state index contributed by atoms with van der Waals surface area (Å²) in [5.41, 5.74) is 0. The summed E-state index contributed by atoms with van der Waals surface area (Å²) in [5, 5.41) is 0. The first-order valence-corrected chi connectivity index (χ1v) is 4.69. The molecule has 8 heavy (non-hydrogen) atoms. The second kappa shape index (κ2) is 5.58. The Kier molecular flexibility index (Phi) is 5.90. The summed E-state index contributed by atoms with van der Waals surface area (Å²) in [6.45, 7) is 4.26. The quantitative estimate of drug-likeness (QED) is 0.560. The van der Waals surface area contributed by atoms with E-state index >= 15 is 0 Å². The third-order valence-corrected chi connectivity index (χ3v) is 1.72. The molecule has 0 aliphatic carbocycles. The molecule has 0 aliphatic heterocycles. The van der Waals surface area contributed by atoms with Crippen LogP contribution in [0.3, 0.4) is 0 Å². The van der Waals surface area contributed by atoms with E-state index < -0.39 is 0 Å². The molecule has 0 saturated carbocycles. The molecule has 1 atom stereocenters. The second-order valence-electron chi connectivity index (χ2n) is 1.83. The van der Waals surface area contributed by atoms with Gasteiger partial charge in [-0.15, -0.1) is 0 Å². The SMILES string of the molecule is CCCC(C)N=[P+]=S. The van der Waals surface area contributed by atoms with E-state index in [-0.39, 0.29) is 0 Å². The van der Waals surface area contributed by atoms with Gasteiger partial charge in [0.15, 0.2) is 0 Å². The van der Waals surface area contributed by atoms with Crippen molar-refractivity contribution >= 4 is 19.0 Å². The Morgan fingerprint density at radius 2 is 2.38 bits per heavy atom. The van der Waals surface area contributed by atoms with Crippen LogP contribution in [0.2, 0.25) is 0 Å². The van der Waals surface area contributed by atoms with Gasteiger partial charge in [-0.05, 0) is 0 Å². The van der Waals surface area contributed by atoms with Crippen LogP contribution in [0.25, 0.3) is 0 Å². The first-order valence-electron chi connectivity index (χ1n) is 2.83. The van der Waals surface area contributed by atoms with E-state index in [1.54, 1.807) is 0 Å². The molecule has 0 aromatic carbocycles. The van der Waals surface area contributed by atoms with Crippen LogP contribution in [0.15, 0.2) is 4.74 Å². The van der Waals surface area contributed by atoms with Crippen LogP contribution in [0.4, 0.5) is 0 Å². The maximum atomic E-state index is 4.65. The van der Waals surface area contributed by atoms with Crippen molar-refractivity contribution in [3.05, 3.63) is 0 Å². The molecule has 0 radical (unpaired) electrons. The van der Waals surface area contributed by atoms with Gasteiger partial charge in [-0.1, -0.05) is 0 Å². The molecule has 1 nitrogen and oxygen atoms in total. The average molecular weight is 148 g/mol. The molecule has 0 N–H and O–H groups in total. The van der Waals surface area contributed by atoms with Gasteiger partial charge in [-0.3, -0.25) is 0 Å². The van der Waals surface area contributed by atoms with Crippen molar-refractivity contribution in [1.29, 1.82) is 0 Å². The molecule has 0 aromatic rings. The molecule has 0 aromatic heterocycles. The summed E-state index contributed by atoms with van der Waals surface area (Å²) in [6.07, 6.45) is 2.37. The fourth-order valence-corrected chi connectivity index (χ4v) is 1.32. The minimum absolute atomic E-state index is 0.471. The van der Waals surface area contributed by atoms with Crippen LogP contribution in [0.5, 0.6) is 0 Å². The Morgan fingerprint density at radius 3 is 2.75 bits per heavy atom. The van der Waals surface area contributed by atoms with Gasteiger partial charge in [0.05, 0.1) is 0 Å². The van der Waals surface area contributed by atoms with Crippen LogP contribution in [-0.2, 0) is 11.8 Å². The van der Waals surface area contributed by atoms with Crippen LogP contribution in [0.1, 0.15) is 26.7 Å². The Bertz CT molecular complexity index is 98.6. The van der Waals surface area contributed by atoms with Gasteiger partial charge in [0.1, 0.15) is 0 Å². The fraction of sp³-hybridized carbons (Fsp3) is 1.00. The first-order chi connectivity index (χ1) is 3.81. The van der Waals surface area contributed by atoms with E-state index in [1.807, 2.05) is 0 Å². The van der Waals surface area contributed by atoms with Crippen LogP contribution < -0.4 is 0 Å². The molecular weight excluding hydrogens is 137 g/mol. The molecule has 1 unspecified atom stereocenters. The average Bonchev–Trinajstić information content (AvgIpc) is 1.68. The van der Waals surface area contributed by atoms with Gasteiger partial charge in [0, 0.05) is 0 Å². The zero-order valence-electron chi connectivity index (χ0n) is 5.29. The van der Waals surface area contributed by atoms with E-state index in [0.717, 1.165) is 7.15 Å². The molecule has 0 heterocycles.